The molecule has 0 heterocycles. The number of carbonyl (C=O) groups excluding carboxylic acids is 1. The van der Waals surface area contributed by atoms with Crippen molar-refractivity contribution in [3.05, 3.63) is 59.2 Å². The number of amides is 1. The maximum Gasteiger partial charge on any atom is 0.260 e. The average molecular weight is 355 g/mol. The lowest BCUT2D eigenvalue weighted by molar-refractivity contribution is -0.127. The number of benzene rings is 2. The summed E-state index contributed by atoms with van der Waals surface area (Å²) in [7, 11) is 0. The molecule has 0 aromatic heterocycles. The number of nitrogens with one attached hydrogen (secondary N) is 1. The number of para-hydroxylation sites is 1. The second kappa shape index (κ2) is 9.27. The predicted molar refractivity (Wildman–Crippen MR) is 105 cm³/mol. The molecule has 0 aliphatic heterocycles. The van der Waals surface area contributed by atoms with Gasteiger partial charge in [0.1, 0.15) is 18.1 Å². The van der Waals surface area contributed by atoms with Gasteiger partial charge in [-0.25, -0.2) is 0 Å². The summed E-state index contributed by atoms with van der Waals surface area (Å²) in [5.41, 5.74) is 3.37. The van der Waals surface area contributed by atoms with E-state index in [2.05, 4.69) is 25.2 Å². The highest BCUT2D eigenvalue weighted by Gasteiger charge is 2.15. The zero-order valence-electron chi connectivity index (χ0n) is 16.3. The summed E-state index contributed by atoms with van der Waals surface area (Å²) in [5, 5.41) is 2.86. The largest absolute Gasteiger partial charge is 0.491 e. The highest BCUT2D eigenvalue weighted by atomic mass is 16.5. The third-order valence-electron chi connectivity index (χ3n) is 4.20. The van der Waals surface area contributed by atoms with Crippen LogP contribution in [0.1, 0.15) is 43.4 Å². The molecule has 4 nitrogen and oxygen atoms in total. The number of carbonyl (C=O) groups is 1. The zero-order chi connectivity index (χ0) is 19.1. The van der Waals surface area contributed by atoms with Crippen LogP contribution in [0.3, 0.4) is 0 Å². The van der Waals surface area contributed by atoms with Gasteiger partial charge in [-0.2, -0.15) is 0 Å². The molecule has 1 atom stereocenters. The second-order valence-electron chi connectivity index (χ2n) is 6.86. The summed E-state index contributed by atoms with van der Waals surface area (Å²) >= 11 is 0. The van der Waals surface area contributed by atoms with E-state index < -0.39 is 6.10 Å². The van der Waals surface area contributed by atoms with Crippen molar-refractivity contribution in [2.24, 2.45) is 0 Å². The van der Waals surface area contributed by atoms with Crippen LogP contribution in [0, 0.1) is 13.8 Å². The summed E-state index contributed by atoms with van der Waals surface area (Å²) in [4.78, 5) is 12.2. The Kier molecular flexibility index (Phi) is 7.07. The van der Waals surface area contributed by atoms with Gasteiger partial charge in [0.15, 0.2) is 6.10 Å². The Hall–Kier alpha value is -2.49. The number of hydrogen-bond acceptors (Lipinski definition) is 3. The van der Waals surface area contributed by atoms with Crippen molar-refractivity contribution in [2.45, 2.75) is 46.6 Å². The summed E-state index contributed by atoms with van der Waals surface area (Å²) in [5.74, 6) is 1.86. The van der Waals surface area contributed by atoms with E-state index in [1.807, 2.05) is 50.2 Å². The van der Waals surface area contributed by atoms with E-state index in [-0.39, 0.29) is 5.91 Å². The second-order valence-corrected chi connectivity index (χ2v) is 6.86. The molecule has 1 amide bonds. The van der Waals surface area contributed by atoms with Gasteiger partial charge >= 0.3 is 0 Å². The predicted octanol–water partition coefficient (Wildman–Crippen LogP) is 4.39. The minimum Gasteiger partial charge on any atom is -0.491 e. The molecule has 0 saturated heterocycles. The fraction of sp³-hybridized carbons (Fsp3) is 0.409. The van der Waals surface area contributed by atoms with Crippen LogP contribution in [-0.4, -0.2) is 25.2 Å². The highest BCUT2D eigenvalue weighted by molar-refractivity contribution is 5.80. The molecule has 0 aliphatic carbocycles. The van der Waals surface area contributed by atoms with Crippen LogP contribution in [0.5, 0.6) is 11.5 Å². The molecule has 2 aromatic rings. The molecule has 4 heteroatoms. The van der Waals surface area contributed by atoms with E-state index in [0.29, 0.717) is 19.1 Å². The summed E-state index contributed by atoms with van der Waals surface area (Å²) in [6, 6.07) is 13.9. The van der Waals surface area contributed by atoms with Gasteiger partial charge in [0, 0.05) is 0 Å². The Morgan fingerprint density at radius 3 is 2.46 bits per heavy atom. The van der Waals surface area contributed by atoms with Crippen molar-refractivity contribution in [3.63, 3.8) is 0 Å². The molecule has 0 saturated carbocycles. The molecular formula is C22H29NO3. The topological polar surface area (TPSA) is 47.6 Å². The first-order valence-corrected chi connectivity index (χ1v) is 9.12. The van der Waals surface area contributed by atoms with Gasteiger partial charge in [-0.3, -0.25) is 4.79 Å². The standard InChI is InChI=1S/C22H29NO3/c1-15(2)19-8-6-7-9-21(19)25-13-12-23-22(24)18(5)26-20-11-10-16(3)14-17(20)4/h6-11,14-15,18H,12-13H2,1-5H3,(H,23,24)/t18-/m0/s1. The molecule has 0 fully saturated rings. The summed E-state index contributed by atoms with van der Waals surface area (Å²) in [6.07, 6.45) is -0.556. The van der Waals surface area contributed by atoms with Crippen molar-refractivity contribution < 1.29 is 14.3 Å². The highest BCUT2D eigenvalue weighted by Crippen LogP contribution is 2.25. The Labute approximate surface area is 156 Å². The molecule has 0 spiro atoms. The van der Waals surface area contributed by atoms with Crippen LogP contribution in [-0.2, 0) is 4.79 Å². The van der Waals surface area contributed by atoms with E-state index in [0.717, 1.165) is 17.1 Å². The quantitative estimate of drug-likeness (QED) is 0.715. The number of ether oxygens (including phenoxy) is 2. The van der Waals surface area contributed by atoms with E-state index in [1.165, 1.54) is 11.1 Å². The van der Waals surface area contributed by atoms with Gasteiger partial charge in [0.2, 0.25) is 0 Å². The van der Waals surface area contributed by atoms with Crippen LogP contribution in [0.15, 0.2) is 42.5 Å². The lowest BCUT2D eigenvalue weighted by Crippen LogP contribution is -2.38. The maximum atomic E-state index is 12.2. The van der Waals surface area contributed by atoms with Crippen LogP contribution < -0.4 is 14.8 Å². The molecule has 0 bridgehead atoms. The van der Waals surface area contributed by atoms with E-state index >= 15 is 0 Å². The Balaban J connectivity index is 1.80. The first-order valence-electron chi connectivity index (χ1n) is 9.12. The maximum absolute atomic E-state index is 12.2. The summed E-state index contributed by atoms with van der Waals surface area (Å²) in [6.45, 7) is 10.9. The Morgan fingerprint density at radius 2 is 1.77 bits per heavy atom. The van der Waals surface area contributed by atoms with Gasteiger partial charge in [-0.05, 0) is 49.9 Å². The number of hydrogen-bond donors (Lipinski definition) is 1. The van der Waals surface area contributed by atoms with Crippen LogP contribution in [0.25, 0.3) is 0 Å². The van der Waals surface area contributed by atoms with Gasteiger partial charge < -0.3 is 14.8 Å². The molecule has 0 aliphatic rings. The lowest BCUT2D eigenvalue weighted by atomic mass is 10.0. The Bertz CT molecular complexity index is 740. The molecular weight excluding hydrogens is 326 g/mol. The minimum absolute atomic E-state index is 0.147. The third-order valence-corrected chi connectivity index (χ3v) is 4.20. The van der Waals surface area contributed by atoms with Crippen molar-refractivity contribution >= 4 is 5.91 Å². The zero-order valence-corrected chi connectivity index (χ0v) is 16.3. The smallest absolute Gasteiger partial charge is 0.260 e. The average Bonchev–Trinajstić information content (AvgIpc) is 2.61. The van der Waals surface area contributed by atoms with E-state index in [1.54, 1.807) is 6.92 Å². The molecule has 2 aromatic carbocycles. The third kappa shape index (κ3) is 5.51. The van der Waals surface area contributed by atoms with E-state index in [9.17, 15) is 4.79 Å². The molecule has 0 radical (unpaired) electrons. The molecule has 0 unspecified atom stereocenters. The minimum atomic E-state index is -0.556. The van der Waals surface area contributed by atoms with Crippen LogP contribution in [0.4, 0.5) is 0 Å². The van der Waals surface area contributed by atoms with Crippen molar-refractivity contribution in [1.82, 2.24) is 5.32 Å². The molecule has 140 valence electrons. The molecule has 1 N–H and O–H groups in total. The van der Waals surface area contributed by atoms with Crippen LogP contribution >= 0.6 is 0 Å². The molecule has 26 heavy (non-hydrogen) atoms. The Morgan fingerprint density at radius 1 is 1.04 bits per heavy atom. The molecule has 2 rings (SSSR count). The van der Waals surface area contributed by atoms with Gasteiger partial charge in [-0.1, -0.05) is 49.7 Å². The van der Waals surface area contributed by atoms with Crippen molar-refractivity contribution in [3.8, 4) is 11.5 Å². The lowest BCUT2D eigenvalue weighted by Gasteiger charge is -2.17. The number of rotatable bonds is 8. The van der Waals surface area contributed by atoms with E-state index in [4.69, 9.17) is 9.47 Å². The van der Waals surface area contributed by atoms with Gasteiger partial charge in [-0.15, -0.1) is 0 Å². The SMILES string of the molecule is Cc1ccc(O[C@@H](C)C(=O)NCCOc2ccccc2C(C)C)c(C)c1. The van der Waals surface area contributed by atoms with Crippen molar-refractivity contribution in [2.75, 3.05) is 13.2 Å². The van der Waals surface area contributed by atoms with Crippen LogP contribution in [0.2, 0.25) is 0 Å². The number of aryl methyl sites for hydroxylation is 2. The van der Waals surface area contributed by atoms with Gasteiger partial charge in [0.25, 0.3) is 5.91 Å². The van der Waals surface area contributed by atoms with Crippen molar-refractivity contribution in [1.29, 1.82) is 0 Å². The first kappa shape index (κ1) is 19.8. The normalized spacial score (nSPS) is 11.9. The fourth-order valence-corrected chi connectivity index (χ4v) is 2.74. The monoisotopic (exact) mass is 355 g/mol. The van der Waals surface area contributed by atoms with Gasteiger partial charge in [0.05, 0.1) is 6.54 Å². The fourth-order valence-electron chi connectivity index (χ4n) is 2.74. The first-order chi connectivity index (χ1) is 12.4. The summed E-state index contributed by atoms with van der Waals surface area (Å²) < 4.78 is 11.6.